The number of benzene rings is 1. The smallest absolute Gasteiger partial charge is 0.263 e. The second-order valence-corrected chi connectivity index (χ2v) is 8.30. The van der Waals surface area contributed by atoms with Crippen molar-refractivity contribution in [3.63, 3.8) is 0 Å². The molecule has 3 aromatic heterocycles. The lowest BCUT2D eigenvalue weighted by atomic mass is 10.1. The number of amides is 1. The number of fused-ring (bicyclic) bond motifs is 2. The van der Waals surface area contributed by atoms with E-state index in [1.54, 1.807) is 16.8 Å². The number of aromatic amines is 1. The van der Waals surface area contributed by atoms with Gasteiger partial charge < -0.3 is 15.0 Å². The van der Waals surface area contributed by atoms with E-state index in [1.807, 2.05) is 13.8 Å². The molecule has 1 aliphatic rings. The van der Waals surface area contributed by atoms with Gasteiger partial charge in [0.05, 0.1) is 40.5 Å². The molecule has 0 bridgehead atoms. The van der Waals surface area contributed by atoms with Gasteiger partial charge in [0, 0.05) is 23.2 Å². The molecule has 3 heterocycles. The molecule has 1 aliphatic carbocycles. The predicted octanol–water partition coefficient (Wildman–Crippen LogP) is 4.33. The van der Waals surface area contributed by atoms with Gasteiger partial charge in [-0.3, -0.25) is 14.9 Å². The number of imidazole rings is 1. The van der Waals surface area contributed by atoms with E-state index in [0.717, 1.165) is 0 Å². The number of hydrogen-bond donors (Lipinski definition) is 3. The minimum Gasteiger partial charge on any atom is -0.379 e. The Balaban J connectivity index is 1.58. The Hall–Kier alpha value is -3.27. The van der Waals surface area contributed by atoms with Crippen LogP contribution in [-0.2, 0) is 4.79 Å². The summed E-state index contributed by atoms with van der Waals surface area (Å²) in [6.07, 6.45) is 6.60. The van der Waals surface area contributed by atoms with Crippen molar-refractivity contribution in [2.24, 2.45) is 0 Å². The third-order valence-electron chi connectivity index (χ3n) is 5.16. The lowest BCUT2D eigenvalue weighted by Crippen LogP contribution is -2.25. The molecule has 3 N–H and O–H groups in total. The SMILES string of the molecule is CC(C)Nc1c(F)c(Cl)c(-c2cn3cc(NC(=O)C4(F)CC4)nc3cn2)c2cn[nH]c12. The number of carbonyl (C=O) groups is 1. The van der Waals surface area contributed by atoms with Crippen LogP contribution in [0.15, 0.2) is 24.8 Å². The van der Waals surface area contributed by atoms with Crippen molar-refractivity contribution in [1.29, 1.82) is 0 Å². The van der Waals surface area contributed by atoms with Crippen LogP contribution in [0.5, 0.6) is 0 Å². The molecule has 31 heavy (non-hydrogen) atoms. The molecule has 1 saturated carbocycles. The van der Waals surface area contributed by atoms with Gasteiger partial charge in [0.2, 0.25) is 0 Å². The minimum atomic E-state index is -1.80. The van der Waals surface area contributed by atoms with Gasteiger partial charge in [0.15, 0.2) is 23.0 Å². The first-order valence-corrected chi connectivity index (χ1v) is 10.1. The highest BCUT2D eigenvalue weighted by Crippen LogP contribution is 2.42. The third kappa shape index (κ3) is 3.27. The Morgan fingerprint density at radius 3 is 2.81 bits per heavy atom. The molecule has 11 heteroatoms. The third-order valence-corrected chi connectivity index (χ3v) is 5.51. The molecule has 0 atom stereocenters. The molecule has 1 amide bonds. The van der Waals surface area contributed by atoms with Crippen LogP contribution in [-0.4, -0.2) is 42.2 Å². The molecule has 0 spiro atoms. The summed E-state index contributed by atoms with van der Waals surface area (Å²) in [5, 5.41) is 12.9. The Morgan fingerprint density at radius 2 is 2.10 bits per heavy atom. The van der Waals surface area contributed by atoms with Crippen LogP contribution in [0, 0.1) is 5.82 Å². The number of carbonyl (C=O) groups excluding carboxylic acids is 1. The molecule has 5 rings (SSSR count). The van der Waals surface area contributed by atoms with Crippen molar-refractivity contribution in [2.45, 2.75) is 38.4 Å². The molecule has 1 aromatic carbocycles. The average molecular weight is 446 g/mol. The van der Waals surface area contributed by atoms with Crippen LogP contribution < -0.4 is 10.6 Å². The van der Waals surface area contributed by atoms with E-state index in [-0.39, 0.29) is 35.4 Å². The van der Waals surface area contributed by atoms with Gasteiger partial charge in [-0.15, -0.1) is 0 Å². The summed E-state index contributed by atoms with van der Waals surface area (Å²) in [5.41, 5.74) is 0.107. The van der Waals surface area contributed by atoms with Crippen LogP contribution in [0.4, 0.5) is 20.3 Å². The van der Waals surface area contributed by atoms with Gasteiger partial charge >= 0.3 is 0 Å². The van der Waals surface area contributed by atoms with Gasteiger partial charge in [0.25, 0.3) is 5.91 Å². The van der Waals surface area contributed by atoms with E-state index in [4.69, 9.17) is 11.6 Å². The zero-order valence-corrected chi connectivity index (χ0v) is 17.4. The predicted molar refractivity (Wildman–Crippen MR) is 114 cm³/mol. The van der Waals surface area contributed by atoms with Crippen molar-refractivity contribution in [3.05, 3.63) is 35.6 Å². The number of aromatic nitrogens is 5. The first-order valence-electron chi connectivity index (χ1n) is 9.73. The Bertz CT molecular complexity index is 1340. The topological polar surface area (TPSA) is 100 Å². The summed E-state index contributed by atoms with van der Waals surface area (Å²) in [5.74, 6) is -1.11. The van der Waals surface area contributed by atoms with Crippen molar-refractivity contribution in [1.82, 2.24) is 24.6 Å². The summed E-state index contributed by atoms with van der Waals surface area (Å²) < 4.78 is 30.6. The molecule has 0 aliphatic heterocycles. The highest BCUT2D eigenvalue weighted by molar-refractivity contribution is 6.35. The molecule has 1 fully saturated rings. The fourth-order valence-corrected chi connectivity index (χ4v) is 3.74. The summed E-state index contributed by atoms with van der Waals surface area (Å²) >= 11 is 6.41. The van der Waals surface area contributed by atoms with Crippen molar-refractivity contribution < 1.29 is 13.6 Å². The van der Waals surface area contributed by atoms with Crippen molar-refractivity contribution >= 4 is 45.6 Å². The fourth-order valence-electron chi connectivity index (χ4n) is 3.44. The first kappa shape index (κ1) is 19.7. The maximum Gasteiger partial charge on any atom is 0.263 e. The van der Waals surface area contributed by atoms with Gasteiger partial charge in [-0.1, -0.05) is 11.6 Å². The molecule has 160 valence electrons. The van der Waals surface area contributed by atoms with E-state index in [0.29, 0.717) is 27.8 Å². The van der Waals surface area contributed by atoms with E-state index in [9.17, 15) is 9.18 Å². The molecule has 8 nitrogen and oxygen atoms in total. The van der Waals surface area contributed by atoms with E-state index < -0.39 is 17.4 Å². The number of hydrogen-bond acceptors (Lipinski definition) is 5. The lowest BCUT2D eigenvalue weighted by molar-refractivity contribution is -0.122. The number of rotatable bonds is 5. The van der Waals surface area contributed by atoms with E-state index in [2.05, 4.69) is 30.8 Å². The second kappa shape index (κ2) is 6.88. The Labute approximate surface area is 180 Å². The molecule has 0 radical (unpaired) electrons. The number of nitrogens with zero attached hydrogens (tertiary/aromatic N) is 4. The highest BCUT2D eigenvalue weighted by atomic mass is 35.5. The first-order chi connectivity index (χ1) is 14.8. The summed E-state index contributed by atoms with van der Waals surface area (Å²) in [4.78, 5) is 20.5. The largest absolute Gasteiger partial charge is 0.379 e. The summed E-state index contributed by atoms with van der Waals surface area (Å²) in [7, 11) is 0. The van der Waals surface area contributed by atoms with Gasteiger partial charge in [-0.25, -0.2) is 13.8 Å². The molecule has 0 saturated heterocycles. The molecular formula is C20H18ClF2N7O. The number of nitrogens with one attached hydrogen (secondary N) is 3. The van der Waals surface area contributed by atoms with Gasteiger partial charge in [0.1, 0.15) is 0 Å². The number of anilines is 2. The van der Waals surface area contributed by atoms with Gasteiger partial charge in [-0.05, 0) is 26.7 Å². The summed E-state index contributed by atoms with van der Waals surface area (Å²) in [6, 6.07) is -0.0175. The lowest BCUT2D eigenvalue weighted by Gasteiger charge is -2.15. The molecular weight excluding hydrogens is 428 g/mol. The van der Waals surface area contributed by atoms with Crippen molar-refractivity contribution in [3.8, 4) is 11.3 Å². The monoisotopic (exact) mass is 445 g/mol. The zero-order valence-electron chi connectivity index (χ0n) is 16.6. The zero-order chi connectivity index (χ0) is 21.9. The standard InChI is InChI=1S/C20H18ClF2N7O/c1-9(2)26-18-16(22)15(21)14(10-5-25-29-17(10)18)11-7-30-8-12(27-13(30)6-24-11)28-19(31)20(23)3-4-20/h5-9,26H,3-4H2,1-2H3,(H,25,29)(H,28,31). The minimum absolute atomic E-state index is 0.0175. The highest BCUT2D eigenvalue weighted by Gasteiger charge is 2.51. The fraction of sp³-hybridized carbons (Fsp3) is 0.300. The second-order valence-electron chi connectivity index (χ2n) is 7.92. The number of alkyl halides is 1. The Kier molecular flexibility index (Phi) is 4.37. The maximum absolute atomic E-state index is 15.1. The Morgan fingerprint density at radius 1 is 1.32 bits per heavy atom. The van der Waals surface area contributed by atoms with Gasteiger partial charge in [-0.2, -0.15) is 5.10 Å². The van der Waals surface area contributed by atoms with Crippen LogP contribution in [0.3, 0.4) is 0 Å². The maximum atomic E-state index is 15.1. The quantitative estimate of drug-likeness (QED) is 0.424. The van der Waals surface area contributed by atoms with Crippen LogP contribution >= 0.6 is 11.6 Å². The van der Waals surface area contributed by atoms with Crippen LogP contribution in [0.2, 0.25) is 5.02 Å². The van der Waals surface area contributed by atoms with Crippen molar-refractivity contribution in [2.75, 3.05) is 10.6 Å². The number of H-pyrrole nitrogens is 1. The summed E-state index contributed by atoms with van der Waals surface area (Å²) in [6.45, 7) is 3.78. The number of halogens is 3. The molecule has 4 aromatic rings. The molecule has 0 unspecified atom stereocenters. The average Bonchev–Trinajstić information content (AvgIpc) is 3.12. The van der Waals surface area contributed by atoms with Crippen LogP contribution in [0.25, 0.3) is 27.8 Å². The normalized spacial score (nSPS) is 15.0. The van der Waals surface area contributed by atoms with Crippen LogP contribution in [0.1, 0.15) is 26.7 Å². The van der Waals surface area contributed by atoms with E-state index in [1.165, 1.54) is 12.4 Å². The van der Waals surface area contributed by atoms with E-state index >= 15 is 4.39 Å².